The summed E-state index contributed by atoms with van der Waals surface area (Å²) in [4.78, 5) is 1.73. The van der Waals surface area contributed by atoms with Crippen LogP contribution in [0.2, 0.25) is 0 Å². The summed E-state index contributed by atoms with van der Waals surface area (Å²) in [5.41, 5.74) is 2.29. The summed E-state index contributed by atoms with van der Waals surface area (Å²) in [6.45, 7) is 12.7. The van der Waals surface area contributed by atoms with Gasteiger partial charge in [0, 0.05) is 12.5 Å². The highest BCUT2D eigenvalue weighted by atomic mass is 16.5. The quantitative estimate of drug-likeness (QED) is 0.652. The molecule has 0 amide bonds. The largest absolute Gasteiger partial charge is 0.390 e. The van der Waals surface area contributed by atoms with Gasteiger partial charge >= 0.3 is 0 Å². The van der Waals surface area contributed by atoms with Crippen molar-refractivity contribution in [1.29, 1.82) is 0 Å². The predicted octanol–water partition coefficient (Wildman–Crippen LogP) is 4.72. The van der Waals surface area contributed by atoms with E-state index in [0.717, 1.165) is 37.6 Å². The van der Waals surface area contributed by atoms with Crippen molar-refractivity contribution >= 4 is 0 Å². The van der Waals surface area contributed by atoms with Crippen LogP contribution in [0, 0.1) is 46.3 Å². The molecule has 5 aliphatic rings. The minimum Gasteiger partial charge on any atom is -0.390 e. The van der Waals surface area contributed by atoms with Gasteiger partial charge in [0.1, 0.15) is 0 Å². The molecule has 6 heteroatoms. The molecule has 5 aliphatic carbocycles. The fourth-order valence-corrected chi connectivity index (χ4v) is 10.6. The molecule has 0 radical (unpaired) electrons. The summed E-state index contributed by atoms with van der Waals surface area (Å²) in [5, 5.41) is 23.6. The highest BCUT2D eigenvalue weighted by Crippen LogP contribution is 2.90. The van der Waals surface area contributed by atoms with Crippen LogP contribution in [0.15, 0.2) is 12.2 Å². The molecule has 1 heterocycles. The number of aryl methyl sites for hydroxylation is 1. The lowest BCUT2D eigenvalue weighted by Crippen LogP contribution is -2.58. The normalized spacial score (nSPS) is 50.2. The molecule has 0 bridgehead atoms. The first-order valence-corrected chi connectivity index (χ1v) is 13.2. The second kappa shape index (κ2) is 6.90. The first kappa shape index (κ1) is 22.2. The van der Waals surface area contributed by atoms with Gasteiger partial charge in [0.2, 0.25) is 0 Å². The Kier molecular flexibility index (Phi) is 4.65. The van der Waals surface area contributed by atoms with Crippen molar-refractivity contribution in [1.82, 2.24) is 20.2 Å². The van der Waals surface area contributed by atoms with E-state index in [1.54, 1.807) is 4.80 Å². The van der Waals surface area contributed by atoms with Gasteiger partial charge in [-0.2, -0.15) is 4.80 Å². The number of aliphatic hydroxyl groups is 1. The number of aromatic nitrogens is 4. The number of allylic oxidation sites excluding steroid dienone is 1. The maximum absolute atomic E-state index is 10.9. The zero-order valence-electron chi connectivity index (χ0n) is 21.1. The minimum absolute atomic E-state index is 0.265. The zero-order chi connectivity index (χ0) is 23.3. The van der Waals surface area contributed by atoms with Crippen molar-refractivity contribution in [2.45, 2.75) is 97.1 Å². The van der Waals surface area contributed by atoms with Gasteiger partial charge in [-0.05, 0) is 117 Å². The van der Waals surface area contributed by atoms with E-state index in [0.29, 0.717) is 34.6 Å². The molecule has 8 atom stereocenters. The van der Waals surface area contributed by atoms with Crippen LogP contribution in [0.5, 0.6) is 0 Å². The number of hydrogen-bond donors (Lipinski definition) is 1. The Labute approximate surface area is 198 Å². The van der Waals surface area contributed by atoms with Gasteiger partial charge in [0.15, 0.2) is 5.82 Å². The van der Waals surface area contributed by atoms with Crippen molar-refractivity contribution in [3.63, 3.8) is 0 Å². The average molecular weight is 455 g/mol. The third-order valence-electron chi connectivity index (χ3n) is 11.8. The van der Waals surface area contributed by atoms with Crippen molar-refractivity contribution in [2.75, 3.05) is 13.7 Å². The Bertz CT molecular complexity index is 973. The van der Waals surface area contributed by atoms with E-state index in [2.05, 4.69) is 35.8 Å². The molecule has 0 aliphatic heterocycles. The second-order valence-corrected chi connectivity index (χ2v) is 13.2. The Morgan fingerprint density at radius 3 is 2.70 bits per heavy atom. The summed E-state index contributed by atoms with van der Waals surface area (Å²) in [6, 6.07) is 0. The van der Waals surface area contributed by atoms with Crippen LogP contribution in [0.4, 0.5) is 0 Å². The van der Waals surface area contributed by atoms with Gasteiger partial charge < -0.3 is 9.84 Å². The fourth-order valence-electron chi connectivity index (χ4n) is 10.6. The fraction of sp³-hybridized carbons (Fsp3) is 0.889. The van der Waals surface area contributed by atoms with E-state index in [9.17, 15) is 5.11 Å². The summed E-state index contributed by atoms with van der Waals surface area (Å²) < 4.78 is 5.99. The van der Waals surface area contributed by atoms with Crippen LogP contribution < -0.4 is 0 Å². The SMILES string of the molecule is C=C(Cn1nnc(C)n1)C1CCC2C1(C)CCC13CC21CCC1CC(C)(O)CCC13COC. The van der Waals surface area contributed by atoms with Gasteiger partial charge in [-0.25, -0.2) is 0 Å². The molecule has 182 valence electrons. The van der Waals surface area contributed by atoms with E-state index in [1.807, 2.05) is 14.0 Å². The Morgan fingerprint density at radius 1 is 1.15 bits per heavy atom. The summed E-state index contributed by atoms with van der Waals surface area (Å²) >= 11 is 0. The number of rotatable bonds is 5. The summed E-state index contributed by atoms with van der Waals surface area (Å²) in [6.07, 6.45) is 12.2. The van der Waals surface area contributed by atoms with Gasteiger partial charge in [-0.1, -0.05) is 19.1 Å². The molecule has 1 aromatic rings. The van der Waals surface area contributed by atoms with Gasteiger partial charge in [-0.3, -0.25) is 0 Å². The maximum atomic E-state index is 10.9. The average Bonchev–Trinajstić information content (AvgIpc) is 3.09. The number of tetrazole rings is 1. The van der Waals surface area contributed by atoms with E-state index in [4.69, 9.17) is 4.74 Å². The highest BCUT2D eigenvalue weighted by molar-refractivity contribution is 5.33. The lowest BCUT2D eigenvalue weighted by atomic mass is 9.43. The lowest BCUT2D eigenvalue weighted by Gasteiger charge is -2.62. The third-order valence-corrected chi connectivity index (χ3v) is 11.8. The molecule has 8 unspecified atom stereocenters. The number of ether oxygens (including phenoxy) is 1. The molecule has 6 nitrogen and oxygen atoms in total. The van der Waals surface area contributed by atoms with Crippen LogP contribution in [-0.4, -0.2) is 44.6 Å². The van der Waals surface area contributed by atoms with Gasteiger partial charge in [0.25, 0.3) is 0 Å². The van der Waals surface area contributed by atoms with Crippen LogP contribution in [-0.2, 0) is 11.3 Å². The first-order chi connectivity index (χ1) is 15.6. The monoisotopic (exact) mass is 454 g/mol. The number of nitrogens with zero attached hydrogens (tertiary/aromatic N) is 4. The van der Waals surface area contributed by atoms with Crippen molar-refractivity contribution < 1.29 is 9.84 Å². The molecular formula is C27H42N4O2. The smallest absolute Gasteiger partial charge is 0.171 e. The summed E-state index contributed by atoms with van der Waals surface area (Å²) in [5.74, 6) is 2.66. The topological polar surface area (TPSA) is 73.1 Å². The highest BCUT2D eigenvalue weighted by Gasteiger charge is 2.84. The molecule has 6 rings (SSSR count). The van der Waals surface area contributed by atoms with E-state index < -0.39 is 5.60 Å². The molecule has 1 aromatic heterocycles. The molecule has 5 fully saturated rings. The first-order valence-electron chi connectivity index (χ1n) is 13.2. The molecule has 0 aromatic carbocycles. The van der Waals surface area contributed by atoms with Crippen molar-refractivity contribution in [2.24, 2.45) is 39.4 Å². The molecule has 0 saturated heterocycles. The van der Waals surface area contributed by atoms with Crippen molar-refractivity contribution in [3.05, 3.63) is 18.0 Å². The zero-order valence-corrected chi connectivity index (χ0v) is 21.1. The number of methoxy groups -OCH3 is 1. The maximum Gasteiger partial charge on any atom is 0.171 e. The standard InChI is InChI=1S/C27H42N4O2/c1-18(15-31-29-19(2)28-30-31)21-6-7-22-24(21,4)11-13-27-16-25(22,27)9-8-20-14-23(3,32)10-12-26(20,27)17-33-5/h20-22,32H,1,6-17H2,2-5H3. The van der Waals surface area contributed by atoms with Gasteiger partial charge in [-0.15, -0.1) is 10.2 Å². The third kappa shape index (κ3) is 2.77. The Balaban J connectivity index is 1.30. The lowest BCUT2D eigenvalue weighted by molar-refractivity contribution is -0.175. The molecule has 1 N–H and O–H groups in total. The molecule has 5 saturated carbocycles. The van der Waals surface area contributed by atoms with Crippen LogP contribution in [0.3, 0.4) is 0 Å². The molecule has 0 spiro atoms. The van der Waals surface area contributed by atoms with Crippen LogP contribution in [0.1, 0.15) is 83.9 Å². The minimum atomic E-state index is -0.499. The van der Waals surface area contributed by atoms with Crippen molar-refractivity contribution in [3.8, 4) is 0 Å². The van der Waals surface area contributed by atoms with E-state index in [-0.39, 0.29) is 5.41 Å². The number of fused-ring (bicyclic) bond motifs is 2. The van der Waals surface area contributed by atoms with E-state index in [1.165, 1.54) is 50.5 Å². The molecular weight excluding hydrogens is 412 g/mol. The second-order valence-electron chi connectivity index (χ2n) is 13.2. The van der Waals surface area contributed by atoms with Gasteiger partial charge in [0.05, 0.1) is 18.8 Å². The summed E-state index contributed by atoms with van der Waals surface area (Å²) in [7, 11) is 1.90. The van der Waals surface area contributed by atoms with E-state index >= 15 is 0 Å². The predicted molar refractivity (Wildman–Crippen MR) is 126 cm³/mol. The Morgan fingerprint density at radius 2 is 1.97 bits per heavy atom. The van der Waals surface area contributed by atoms with Crippen LogP contribution in [0.25, 0.3) is 0 Å². The molecule has 33 heavy (non-hydrogen) atoms. The van der Waals surface area contributed by atoms with Crippen LogP contribution >= 0.6 is 0 Å². The number of hydrogen-bond acceptors (Lipinski definition) is 5. The Hall–Kier alpha value is -1.27.